The van der Waals surface area contributed by atoms with Crippen LogP contribution in [0.15, 0.2) is 12.2 Å². The minimum absolute atomic E-state index is 0.0616. The van der Waals surface area contributed by atoms with Crippen LogP contribution in [0.4, 0.5) is 0 Å². The lowest BCUT2D eigenvalue weighted by Crippen LogP contribution is -2.42. The van der Waals surface area contributed by atoms with Crippen LogP contribution in [0, 0.1) is 5.41 Å². The SMILES string of the molecule is COC1CCCN(C(=O)/C=C/C(C)(C)C)C1. The molecule has 0 spiro atoms. The quantitative estimate of drug-likeness (QED) is 0.674. The highest BCUT2D eigenvalue weighted by molar-refractivity contribution is 5.87. The summed E-state index contributed by atoms with van der Waals surface area (Å²) in [7, 11) is 1.71. The number of carbonyl (C=O) groups is 1. The van der Waals surface area contributed by atoms with Crippen molar-refractivity contribution in [1.29, 1.82) is 0 Å². The van der Waals surface area contributed by atoms with E-state index in [4.69, 9.17) is 4.74 Å². The van der Waals surface area contributed by atoms with Crippen molar-refractivity contribution in [2.75, 3.05) is 20.2 Å². The van der Waals surface area contributed by atoms with Crippen molar-refractivity contribution in [3.8, 4) is 0 Å². The van der Waals surface area contributed by atoms with E-state index >= 15 is 0 Å². The van der Waals surface area contributed by atoms with Gasteiger partial charge in [-0.05, 0) is 24.3 Å². The van der Waals surface area contributed by atoms with E-state index in [-0.39, 0.29) is 17.4 Å². The molecule has 0 aliphatic carbocycles. The molecule has 0 aromatic heterocycles. The minimum Gasteiger partial charge on any atom is -0.380 e. The first kappa shape index (κ1) is 13.2. The van der Waals surface area contributed by atoms with Gasteiger partial charge in [0, 0.05) is 20.2 Å². The van der Waals surface area contributed by atoms with E-state index < -0.39 is 0 Å². The van der Waals surface area contributed by atoms with Gasteiger partial charge in [-0.15, -0.1) is 0 Å². The molecule has 0 aromatic carbocycles. The van der Waals surface area contributed by atoms with Crippen LogP contribution in [-0.2, 0) is 9.53 Å². The summed E-state index contributed by atoms with van der Waals surface area (Å²) in [6.45, 7) is 7.85. The number of piperidine rings is 1. The standard InChI is InChI=1S/C13H23NO2/c1-13(2,3)8-7-12(15)14-9-5-6-11(10-14)16-4/h7-8,11H,5-6,9-10H2,1-4H3/b8-7+. The molecule has 1 heterocycles. The number of hydrogen-bond acceptors (Lipinski definition) is 2. The molecule has 1 amide bonds. The lowest BCUT2D eigenvalue weighted by atomic mass is 9.96. The minimum atomic E-state index is 0.0616. The van der Waals surface area contributed by atoms with E-state index in [9.17, 15) is 4.79 Å². The number of rotatable bonds is 2. The zero-order valence-corrected chi connectivity index (χ0v) is 10.8. The van der Waals surface area contributed by atoms with Crippen LogP contribution < -0.4 is 0 Å². The molecule has 1 unspecified atom stereocenters. The molecule has 1 saturated heterocycles. The predicted octanol–water partition coefficient (Wildman–Crippen LogP) is 2.23. The zero-order chi connectivity index (χ0) is 12.2. The van der Waals surface area contributed by atoms with E-state index in [2.05, 4.69) is 20.8 Å². The molecule has 1 atom stereocenters. The Kier molecular flexibility index (Phi) is 4.54. The molecule has 1 rings (SSSR count). The fourth-order valence-corrected chi connectivity index (χ4v) is 1.76. The molecule has 0 aromatic rings. The van der Waals surface area contributed by atoms with Gasteiger partial charge in [0.05, 0.1) is 6.10 Å². The molecule has 16 heavy (non-hydrogen) atoms. The van der Waals surface area contributed by atoms with Gasteiger partial charge in [0.15, 0.2) is 0 Å². The van der Waals surface area contributed by atoms with Crippen molar-refractivity contribution in [3.05, 3.63) is 12.2 Å². The van der Waals surface area contributed by atoms with E-state index in [0.29, 0.717) is 0 Å². The summed E-state index contributed by atoms with van der Waals surface area (Å²) in [5.74, 6) is 0.108. The van der Waals surface area contributed by atoms with Gasteiger partial charge in [0.25, 0.3) is 0 Å². The summed E-state index contributed by atoms with van der Waals surface area (Å²) >= 11 is 0. The Morgan fingerprint density at radius 1 is 1.44 bits per heavy atom. The maximum absolute atomic E-state index is 11.9. The Morgan fingerprint density at radius 3 is 2.69 bits per heavy atom. The first-order valence-electron chi connectivity index (χ1n) is 5.93. The molecule has 0 radical (unpaired) electrons. The third-order valence-electron chi connectivity index (χ3n) is 2.75. The van der Waals surface area contributed by atoms with Crippen molar-refractivity contribution < 1.29 is 9.53 Å². The molecular weight excluding hydrogens is 202 g/mol. The van der Waals surface area contributed by atoms with Crippen molar-refractivity contribution in [1.82, 2.24) is 4.90 Å². The average molecular weight is 225 g/mol. The summed E-state index contributed by atoms with van der Waals surface area (Å²) in [5, 5.41) is 0. The summed E-state index contributed by atoms with van der Waals surface area (Å²) in [6, 6.07) is 0. The number of methoxy groups -OCH3 is 1. The molecule has 92 valence electrons. The normalized spacial score (nSPS) is 22.8. The highest BCUT2D eigenvalue weighted by Gasteiger charge is 2.22. The average Bonchev–Trinajstić information content (AvgIpc) is 2.25. The number of amides is 1. The van der Waals surface area contributed by atoms with Gasteiger partial charge in [0.2, 0.25) is 5.91 Å². The summed E-state index contributed by atoms with van der Waals surface area (Å²) in [4.78, 5) is 13.8. The monoisotopic (exact) mass is 225 g/mol. The first-order chi connectivity index (χ1) is 7.42. The van der Waals surface area contributed by atoms with Gasteiger partial charge in [0.1, 0.15) is 0 Å². The number of nitrogens with zero attached hydrogens (tertiary/aromatic N) is 1. The van der Waals surface area contributed by atoms with Crippen LogP contribution in [0.3, 0.4) is 0 Å². The van der Waals surface area contributed by atoms with Crippen LogP contribution in [-0.4, -0.2) is 37.1 Å². The molecule has 1 aliphatic rings. The van der Waals surface area contributed by atoms with Gasteiger partial charge < -0.3 is 9.64 Å². The summed E-state index contributed by atoms with van der Waals surface area (Å²) in [6.07, 6.45) is 5.96. The van der Waals surface area contributed by atoms with E-state index in [1.54, 1.807) is 13.2 Å². The van der Waals surface area contributed by atoms with E-state index in [1.807, 2.05) is 11.0 Å². The topological polar surface area (TPSA) is 29.5 Å². The third kappa shape index (κ3) is 4.35. The molecule has 1 aliphatic heterocycles. The third-order valence-corrected chi connectivity index (χ3v) is 2.75. The molecule has 3 heteroatoms. The second kappa shape index (κ2) is 5.48. The van der Waals surface area contributed by atoms with Crippen LogP contribution in [0.1, 0.15) is 33.6 Å². The predicted molar refractivity (Wildman–Crippen MR) is 65.2 cm³/mol. The van der Waals surface area contributed by atoms with E-state index in [1.165, 1.54) is 0 Å². The molecule has 3 nitrogen and oxygen atoms in total. The maximum Gasteiger partial charge on any atom is 0.246 e. The highest BCUT2D eigenvalue weighted by atomic mass is 16.5. The fourth-order valence-electron chi connectivity index (χ4n) is 1.76. The Hall–Kier alpha value is -0.830. The van der Waals surface area contributed by atoms with Crippen LogP contribution in [0.25, 0.3) is 0 Å². The summed E-state index contributed by atoms with van der Waals surface area (Å²) < 4.78 is 5.30. The lowest BCUT2D eigenvalue weighted by Gasteiger charge is -2.31. The van der Waals surface area contributed by atoms with Gasteiger partial charge in [-0.3, -0.25) is 4.79 Å². The molecular formula is C13H23NO2. The zero-order valence-electron chi connectivity index (χ0n) is 10.8. The van der Waals surface area contributed by atoms with Crippen molar-refractivity contribution in [2.24, 2.45) is 5.41 Å². The van der Waals surface area contributed by atoms with Crippen LogP contribution >= 0.6 is 0 Å². The number of carbonyl (C=O) groups excluding carboxylic acids is 1. The van der Waals surface area contributed by atoms with Gasteiger partial charge in [-0.1, -0.05) is 26.8 Å². The fraction of sp³-hybridized carbons (Fsp3) is 0.769. The van der Waals surface area contributed by atoms with E-state index in [0.717, 1.165) is 25.9 Å². The summed E-state index contributed by atoms with van der Waals surface area (Å²) in [5.41, 5.74) is 0.0616. The van der Waals surface area contributed by atoms with Crippen molar-refractivity contribution in [2.45, 2.75) is 39.7 Å². The largest absolute Gasteiger partial charge is 0.380 e. The smallest absolute Gasteiger partial charge is 0.246 e. The molecule has 0 N–H and O–H groups in total. The second-order valence-corrected chi connectivity index (χ2v) is 5.48. The molecule has 0 bridgehead atoms. The first-order valence-corrected chi connectivity index (χ1v) is 5.93. The number of allylic oxidation sites excluding steroid dienone is 1. The maximum atomic E-state index is 11.9. The van der Waals surface area contributed by atoms with Gasteiger partial charge >= 0.3 is 0 Å². The van der Waals surface area contributed by atoms with Crippen molar-refractivity contribution >= 4 is 5.91 Å². The van der Waals surface area contributed by atoms with Gasteiger partial charge in [-0.25, -0.2) is 0 Å². The Balaban J connectivity index is 2.51. The Labute approximate surface area is 98.5 Å². The Bertz CT molecular complexity index is 266. The molecule has 1 fully saturated rings. The van der Waals surface area contributed by atoms with Crippen LogP contribution in [0.2, 0.25) is 0 Å². The second-order valence-electron chi connectivity index (χ2n) is 5.48. The lowest BCUT2D eigenvalue weighted by molar-refractivity contribution is -0.129. The highest BCUT2D eigenvalue weighted by Crippen LogP contribution is 2.16. The number of likely N-dealkylation sites (tertiary alicyclic amines) is 1. The van der Waals surface area contributed by atoms with Crippen LogP contribution in [0.5, 0.6) is 0 Å². The Morgan fingerprint density at radius 2 is 2.12 bits per heavy atom. The van der Waals surface area contributed by atoms with Crippen molar-refractivity contribution in [3.63, 3.8) is 0 Å². The number of hydrogen-bond donors (Lipinski definition) is 0. The number of ether oxygens (including phenoxy) is 1. The van der Waals surface area contributed by atoms with Gasteiger partial charge in [-0.2, -0.15) is 0 Å². The molecule has 0 saturated carbocycles.